The Labute approximate surface area is 132 Å². The molecule has 2 aliphatic heterocycles. The van der Waals surface area contributed by atoms with Crippen molar-refractivity contribution in [2.24, 2.45) is 16.6 Å². The number of likely N-dealkylation sites (tertiary alicyclic amines) is 1. The summed E-state index contributed by atoms with van der Waals surface area (Å²) in [4.78, 5) is 15.3. The van der Waals surface area contributed by atoms with Crippen LogP contribution in [0.25, 0.3) is 0 Å². The molecule has 3 N–H and O–H groups in total. The molecule has 5 nitrogen and oxygen atoms in total. The molecule has 0 spiro atoms. The third kappa shape index (κ3) is 3.73. The predicted molar refractivity (Wildman–Crippen MR) is 87.1 cm³/mol. The molecule has 2 heterocycles. The standard InChI is InChI=1S/C15H27N3O2S/c1-14(3-7-18(2)8-4-14)11-17-13(19)15(12(16)21)5-9-20-10-6-15/h3-11H2,1-2H3,(H2,16,21)(H,17,19). The fraction of sp³-hybridized carbons (Fsp3) is 0.867. The summed E-state index contributed by atoms with van der Waals surface area (Å²) < 4.78 is 5.35. The van der Waals surface area contributed by atoms with Gasteiger partial charge in [0.1, 0.15) is 5.41 Å². The summed E-state index contributed by atoms with van der Waals surface area (Å²) in [6.07, 6.45) is 3.39. The van der Waals surface area contributed by atoms with Crippen molar-refractivity contribution in [3.05, 3.63) is 0 Å². The number of rotatable bonds is 4. The number of amides is 1. The first-order valence-corrected chi connectivity index (χ1v) is 8.13. The molecular weight excluding hydrogens is 286 g/mol. The number of carbonyl (C=O) groups excluding carboxylic acids is 1. The minimum absolute atomic E-state index is 0.0153. The van der Waals surface area contributed by atoms with Gasteiger partial charge >= 0.3 is 0 Å². The minimum Gasteiger partial charge on any atom is -0.392 e. The first-order chi connectivity index (χ1) is 9.88. The van der Waals surface area contributed by atoms with Gasteiger partial charge in [0.05, 0.1) is 4.99 Å². The Balaban J connectivity index is 1.95. The van der Waals surface area contributed by atoms with E-state index in [1.807, 2.05) is 0 Å². The fourth-order valence-corrected chi connectivity index (χ4v) is 3.40. The van der Waals surface area contributed by atoms with E-state index < -0.39 is 5.41 Å². The molecule has 0 radical (unpaired) electrons. The van der Waals surface area contributed by atoms with Crippen LogP contribution in [0.1, 0.15) is 32.6 Å². The van der Waals surface area contributed by atoms with Gasteiger partial charge in [-0.25, -0.2) is 0 Å². The van der Waals surface area contributed by atoms with E-state index in [2.05, 4.69) is 24.2 Å². The molecule has 2 saturated heterocycles. The molecule has 1 amide bonds. The number of nitrogens with zero attached hydrogens (tertiary/aromatic N) is 1. The molecule has 6 heteroatoms. The summed E-state index contributed by atoms with van der Waals surface area (Å²) in [6, 6.07) is 0. The second-order valence-corrected chi connectivity index (χ2v) is 7.30. The van der Waals surface area contributed by atoms with Crippen molar-refractivity contribution >= 4 is 23.1 Å². The molecule has 0 atom stereocenters. The molecular formula is C15H27N3O2S. The van der Waals surface area contributed by atoms with Crippen molar-refractivity contribution in [1.82, 2.24) is 10.2 Å². The number of nitrogens with two attached hydrogens (primary N) is 1. The first kappa shape index (κ1) is 16.6. The zero-order valence-electron chi connectivity index (χ0n) is 13.1. The third-order valence-electron chi connectivity index (χ3n) is 5.12. The molecule has 0 saturated carbocycles. The van der Waals surface area contributed by atoms with Gasteiger partial charge in [-0.1, -0.05) is 19.1 Å². The summed E-state index contributed by atoms with van der Waals surface area (Å²) >= 11 is 5.17. The van der Waals surface area contributed by atoms with Crippen LogP contribution in [0, 0.1) is 10.8 Å². The molecule has 0 aromatic carbocycles. The minimum atomic E-state index is -0.713. The van der Waals surface area contributed by atoms with Crippen LogP contribution in [0.4, 0.5) is 0 Å². The van der Waals surface area contributed by atoms with Gasteiger partial charge in [-0.3, -0.25) is 4.79 Å². The molecule has 2 rings (SSSR count). The number of hydrogen-bond acceptors (Lipinski definition) is 4. The third-order valence-corrected chi connectivity index (χ3v) is 5.51. The van der Waals surface area contributed by atoms with Gasteiger partial charge in [-0.05, 0) is 51.2 Å². The number of hydrogen-bond donors (Lipinski definition) is 2. The smallest absolute Gasteiger partial charge is 0.233 e. The topological polar surface area (TPSA) is 67.6 Å². The van der Waals surface area contributed by atoms with Crippen LogP contribution in [-0.2, 0) is 9.53 Å². The van der Waals surface area contributed by atoms with Crippen LogP contribution >= 0.6 is 12.2 Å². The zero-order chi connectivity index (χ0) is 15.5. The van der Waals surface area contributed by atoms with Crippen LogP contribution in [0.5, 0.6) is 0 Å². The lowest BCUT2D eigenvalue weighted by Gasteiger charge is -2.40. The largest absolute Gasteiger partial charge is 0.392 e. The second-order valence-electron chi connectivity index (χ2n) is 6.86. The molecule has 0 bridgehead atoms. The van der Waals surface area contributed by atoms with Crippen LogP contribution in [-0.4, -0.2) is 55.7 Å². The quantitative estimate of drug-likeness (QED) is 0.756. The Bertz CT molecular complexity index is 400. The highest BCUT2D eigenvalue weighted by molar-refractivity contribution is 7.80. The molecule has 21 heavy (non-hydrogen) atoms. The lowest BCUT2D eigenvalue weighted by atomic mass is 9.77. The Kier molecular flexibility index (Phi) is 5.22. The van der Waals surface area contributed by atoms with E-state index in [1.54, 1.807) is 0 Å². The fourth-order valence-electron chi connectivity index (χ4n) is 3.10. The Morgan fingerprint density at radius 2 is 1.86 bits per heavy atom. The van der Waals surface area contributed by atoms with E-state index in [1.165, 1.54) is 0 Å². The Morgan fingerprint density at radius 1 is 1.29 bits per heavy atom. The van der Waals surface area contributed by atoms with Crippen LogP contribution in [0.2, 0.25) is 0 Å². The van der Waals surface area contributed by atoms with Crippen LogP contribution in [0.15, 0.2) is 0 Å². The van der Waals surface area contributed by atoms with E-state index in [9.17, 15) is 4.79 Å². The monoisotopic (exact) mass is 313 g/mol. The summed E-state index contributed by atoms with van der Waals surface area (Å²) in [6.45, 7) is 6.21. The average molecular weight is 313 g/mol. The molecule has 0 aromatic rings. The maximum absolute atomic E-state index is 12.7. The van der Waals surface area contributed by atoms with E-state index >= 15 is 0 Å². The number of piperidine rings is 1. The Morgan fingerprint density at radius 3 is 2.38 bits per heavy atom. The van der Waals surface area contributed by atoms with Crippen molar-refractivity contribution in [3.63, 3.8) is 0 Å². The first-order valence-electron chi connectivity index (χ1n) is 7.73. The summed E-state index contributed by atoms with van der Waals surface area (Å²) in [5.41, 5.74) is 5.33. The second kappa shape index (κ2) is 6.58. The van der Waals surface area contributed by atoms with E-state index in [-0.39, 0.29) is 11.3 Å². The lowest BCUT2D eigenvalue weighted by Crippen LogP contribution is -2.54. The highest BCUT2D eigenvalue weighted by atomic mass is 32.1. The van der Waals surface area contributed by atoms with Gasteiger partial charge in [0, 0.05) is 19.8 Å². The van der Waals surface area contributed by atoms with Gasteiger partial charge in [0.25, 0.3) is 0 Å². The molecule has 0 aromatic heterocycles. The van der Waals surface area contributed by atoms with E-state index in [0.29, 0.717) is 37.6 Å². The van der Waals surface area contributed by atoms with Gasteiger partial charge in [0.2, 0.25) is 5.91 Å². The van der Waals surface area contributed by atoms with Gasteiger partial charge < -0.3 is 20.7 Å². The highest BCUT2D eigenvalue weighted by Crippen LogP contribution is 2.33. The predicted octanol–water partition coefficient (Wildman–Crippen LogP) is 0.917. The number of carbonyl (C=O) groups is 1. The molecule has 2 fully saturated rings. The zero-order valence-corrected chi connectivity index (χ0v) is 13.9. The summed E-state index contributed by atoms with van der Waals surface area (Å²) in [5.74, 6) is -0.0153. The van der Waals surface area contributed by atoms with E-state index in [0.717, 1.165) is 25.9 Å². The maximum atomic E-state index is 12.7. The van der Waals surface area contributed by atoms with Crippen molar-refractivity contribution in [2.75, 3.05) is 39.9 Å². The Hall–Kier alpha value is -0.720. The highest BCUT2D eigenvalue weighted by Gasteiger charge is 2.43. The van der Waals surface area contributed by atoms with Gasteiger partial charge in [0.15, 0.2) is 0 Å². The molecule has 0 unspecified atom stereocenters. The van der Waals surface area contributed by atoms with Gasteiger partial charge in [-0.15, -0.1) is 0 Å². The van der Waals surface area contributed by atoms with Crippen molar-refractivity contribution in [3.8, 4) is 0 Å². The molecule has 2 aliphatic rings. The van der Waals surface area contributed by atoms with Crippen molar-refractivity contribution in [1.29, 1.82) is 0 Å². The number of thiocarbonyl (C=S) groups is 1. The van der Waals surface area contributed by atoms with Crippen molar-refractivity contribution in [2.45, 2.75) is 32.6 Å². The molecule has 120 valence electrons. The number of ether oxygens (including phenoxy) is 1. The number of nitrogens with one attached hydrogen (secondary N) is 1. The van der Waals surface area contributed by atoms with E-state index in [4.69, 9.17) is 22.7 Å². The summed E-state index contributed by atoms with van der Waals surface area (Å²) in [7, 11) is 2.14. The van der Waals surface area contributed by atoms with Gasteiger partial charge in [-0.2, -0.15) is 0 Å². The average Bonchev–Trinajstić information content (AvgIpc) is 2.49. The maximum Gasteiger partial charge on any atom is 0.233 e. The van der Waals surface area contributed by atoms with Crippen LogP contribution in [0.3, 0.4) is 0 Å². The van der Waals surface area contributed by atoms with Crippen molar-refractivity contribution < 1.29 is 9.53 Å². The molecule has 0 aliphatic carbocycles. The summed E-state index contributed by atoms with van der Waals surface area (Å²) in [5, 5.41) is 3.12. The van der Waals surface area contributed by atoms with Crippen LogP contribution < -0.4 is 11.1 Å². The SMILES string of the molecule is CN1CCC(C)(CNC(=O)C2(C(N)=S)CCOCC2)CC1. The lowest BCUT2D eigenvalue weighted by molar-refractivity contribution is -0.132. The normalized spacial score (nSPS) is 25.2.